The summed E-state index contributed by atoms with van der Waals surface area (Å²) >= 11 is 0. The van der Waals surface area contributed by atoms with E-state index in [-0.39, 0.29) is 12.2 Å². The molecule has 0 bridgehead atoms. The quantitative estimate of drug-likeness (QED) is 0.439. The molecule has 0 spiro atoms. The van der Waals surface area contributed by atoms with Gasteiger partial charge in [0, 0.05) is 33.3 Å². The molecule has 1 N–H and O–H groups in total. The molecule has 3 rings (SSSR count). The lowest BCUT2D eigenvalue weighted by atomic mass is 9.94. The Morgan fingerprint density at radius 3 is 2.00 bits per heavy atom. The molecule has 0 radical (unpaired) electrons. The molecule has 1 aliphatic rings. The van der Waals surface area contributed by atoms with Crippen LogP contribution in [0.5, 0.6) is 0 Å². The molecule has 1 amide bonds. The zero-order valence-electron chi connectivity index (χ0n) is 20.2. The molecule has 0 saturated carbocycles. The Balaban J connectivity index is 2.00. The van der Waals surface area contributed by atoms with E-state index in [1.54, 1.807) is 18.2 Å². The summed E-state index contributed by atoms with van der Waals surface area (Å²) in [4.78, 5) is 60.3. The summed E-state index contributed by atoms with van der Waals surface area (Å²) in [6, 6.07) is 11.3. The normalized spacial score (nSPS) is 23.3. The fraction of sp³-hybridized carbons (Fsp3) is 0.400. The van der Waals surface area contributed by atoms with Crippen molar-refractivity contribution in [3.8, 4) is 0 Å². The molecular formula is C25H27NO10. The molecule has 11 nitrogen and oxygen atoms in total. The van der Waals surface area contributed by atoms with Crippen LogP contribution in [-0.4, -0.2) is 67.0 Å². The highest BCUT2D eigenvalue weighted by Crippen LogP contribution is 2.28. The molecule has 11 heteroatoms. The molecule has 1 aliphatic heterocycles. The summed E-state index contributed by atoms with van der Waals surface area (Å²) in [5.41, 5.74) is 0.281. The van der Waals surface area contributed by atoms with Crippen molar-refractivity contribution in [2.75, 3.05) is 6.61 Å². The lowest BCUT2D eigenvalue weighted by Crippen LogP contribution is -2.67. The molecule has 0 aliphatic carbocycles. The predicted octanol–water partition coefficient (Wildman–Crippen LogP) is 1.65. The summed E-state index contributed by atoms with van der Waals surface area (Å²) in [5, 5.41) is 4.47. The Morgan fingerprint density at radius 2 is 1.39 bits per heavy atom. The van der Waals surface area contributed by atoms with E-state index in [4.69, 9.17) is 23.7 Å². The van der Waals surface area contributed by atoms with Crippen molar-refractivity contribution >= 4 is 40.6 Å². The highest BCUT2D eigenvalue weighted by atomic mass is 16.7. The summed E-state index contributed by atoms with van der Waals surface area (Å²) < 4.78 is 26.7. The van der Waals surface area contributed by atoms with Crippen LogP contribution in [-0.2, 0) is 42.9 Å². The van der Waals surface area contributed by atoms with E-state index in [1.165, 1.54) is 6.92 Å². The van der Waals surface area contributed by atoms with Crippen LogP contribution in [0.15, 0.2) is 42.5 Å². The van der Waals surface area contributed by atoms with Crippen LogP contribution in [0, 0.1) is 0 Å². The third kappa shape index (κ3) is 6.79. The second-order valence-electron chi connectivity index (χ2n) is 8.16. The minimum atomic E-state index is -1.49. The fourth-order valence-electron chi connectivity index (χ4n) is 3.90. The molecule has 1 saturated heterocycles. The number of ether oxygens (including phenoxy) is 5. The zero-order chi connectivity index (χ0) is 26.4. The van der Waals surface area contributed by atoms with Crippen LogP contribution in [0.25, 0.3) is 10.8 Å². The van der Waals surface area contributed by atoms with Crippen molar-refractivity contribution in [2.45, 2.75) is 58.3 Å². The minimum absolute atomic E-state index is 0.281. The van der Waals surface area contributed by atoms with Crippen molar-refractivity contribution in [3.05, 3.63) is 48.0 Å². The maximum atomic E-state index is 13.3. The number of rotatable bonds is 7. The van der Waals surface area contributed by atoms with Crippen molar-refractivity contribution in [3.63, 3.8) is 0 Å². The van der Waals surface area contributed by atoms with Crippen LogP contribution in [0.4, 0.5) is 0 Å². The molecule has 5 atom stereocenters. The van der Waals surface area contributed by atoms with Crippen molar-refractivity contribution in [1.29, 1.82) is 0 Å². The van der Waals surface area contributed by atoms with Crippen LogP contribution in [0.3, 0.4) is 0 Å². The van der Waals surface area contributed by atoms with Crippen molar-refractivity contribution in [1.82, 2.24) is 5.32 Å². The van der Waals surface area contributed by atoms with Crippen LogP contribution in [0.1, 0.15) is 38.1 Å². The zero-order valence-corrected chi connectivity index (χ0v) is 20.2. The Morgan fingerprint density at radius 1 is 0.778 bits per heavy atom. The van der Waals surface area contributed by atoms with Gasteiger partial charge in [0.2, 0.25) is 6.29 Å². The Labute approximate surface area is 207 Å². The van der Waals surface area contributed by atoms with Crippen molar-refractivity contribution in [2.24, 2.45) is 0 Å². The molecule has 2 aromatic rings. The first-order valence-corrected chi connectivity index (χ1v) is 11.1. The van der Waals surface area contributed by atoms with E-state index in [0.29, 0.717) is 0 Å². The van der Waals surface area contributed by atoms with Crippen LogP contribution in [0.2, 0.25) is 0 Å². The van der Waals surface area contributed by atoms with Crippen LogP contribution >= 0.6 is 0 Å². The topological polar surface area (TPSA) is 144 Å². The number of fused-ring (bicyclic) bond motifs is 1. The molecule has 192 valence electrons. The smallest absolute Gasteiger partial charge is 0.305 e. The van der Waals surface area contributed by atoms with Crippen molar-refractivity contribution < 1.29 is 47.7 Å². The predicted molar refractivity (Wildman–Crippen MR) is 123 cm³/mol. The second kappa shape index (κ2) is 11.6. The summed E-state index contributed by atoms with van der Waals surface area (Å²) in [7, 11) is 0. The van der Waals surface area contributed by atoms with Gasteiger partial charge in [-0.25, -0.2) is 0 Å². The maximum Gasteiger partial charge on any atom is 0.305 e. The number of carbonyl (C=O) groups is 5. The van der Waals surface area contributed by atoms with Gasteiger partial charge in [-0.15, -0.1) is 0 Å². The molecule has 5 unspecified atom stereocenters. The number of nitrogens with one attached hydrogen (secondary N) is 1. The lowest BCUT2D eigenvalue weighted by molar-refractivity contribution is -0.277. The molecule has 0 aromatic heterocycles. The number of benzene rings is 2. The number of carbonyl (C=O) groups excluding carboxylic acids is 5. The van der Waals surface area contributed by atoms with Gasteiger partial charge >= 0.3 is 23.9 Å². The summed E-state index contributed by atoms with van der Waals surface area (Å²) in [6.45, 7) is 4.17. The van der Waals surface area contributed by atoms with Gasteiger partial charge in [0.1, 0.15) is 18.8 Å². The number of esters is 4. The van der Waals surface area contributed by atoms with E-state index in [9.17, 15) is 24.0 Å². The van der Waals surface area contributed by atoms with Crippen LogP contribution < -0.4 is 5.32 Å². The van der Waals surface area contributed by atoms with E-state index < -0.39 is 60.4 Å². The van der Waals surface area contributed by atoms with Gasteiger partial charge < -0.3 is 29.0 Å². The molecular weight excluding hydrogens is 474 g/mol. The summed E-state index contributed by atoms with van der Waals surface area (Å²) in [6.07, 6.45) is -5.28. The fourth-order valence-corrected chi connectivity index (χ4v) is 3.90. The first kappa shape index (κ1) is 26.6. The lowest BCUT2D eigenvalue weighted by Gasteiger charge is -2.44. The number of amides is 1. The van der Waals surface area contributed by atoms with Gasteiger partial charge in [-0.3, -0.25) is 24.0 Å². The first-order valence-electron chi connectivity index (χ1n) is 11.1. The Kier molecular flexibility index (Phi) is 8.59. The van der Waals surface area contributed by atoms with E-state index >= 15 is 0 Å². The maximum absolute atomic E-state index is 13.3. The van der Waals surface area contributed by atoms with Gasteiger partial charge in [0.25, 0.3) is 5.91 Å². The average molecular weight is 501 g/mol. The number of hydrogen-bond donors (Lipinski definition) is 1. The number of hydrogen-bond acceptors (Lipinski definition) is 10. The third-order valence-electron chi connectivity index (χ3n) is 5.30. The third-order valence-corrected chi connectivity index (χ3v) is 5.30. The molecule has 1 fully saturated rings. The SMILES string of the molecule is CC(=O)OCC1OC(OC(C)=O)C(OC(C)=O)C(NC(=O)c2ccc3ccccc3c2)C1OC(C)=O. The van der Waals surface area contributed by atoms with E-state index in [2.05, 4.69) is 5.32 Å². The molecule has 36 heavy (non-hydrogen) atoms. The molecule has 1 heterocycles. The van der Waals surface area contributed by atoms with E-state index in [0.717, 1.165) is 31.5 Å². The van der Waals surface area contributed by atoms with Gasteiger partial charge in [-0.05, 0) is 22.9 Å². The van der Waals surface area contributed by atoms with Gasteiger partial charge in [-0.1, -0.05) is 30.3 Å². The first-order chi connectivity index (χ1) is 17.0. The monoisotopic (exact) mass is 501 g/mol. The van der Waals surface area contributed by atoms with Gasteiger partial charge in [-0.2, -0.15) is 0 Å². The van der Waals surface area contributed by atoms with Gasteiger partial charge in [0.05, 0.1) is 0 Å². The second-order valence-corrected chi connectivity index (χ2v) is 8.16. The Hall–Kier alpha value is -3.99. The largest absolute Gasteiger partial charge is 0.463 e. The highest BCUT2D eigenvalue weighted by molar-refractivity contribution is 5.98. The summed E-state index contributed by atoms with van der Waals surface area (Å²) in [5.74, 6) is -3.45. The highest BCUT2D eigenvalue weighted by Gasteiger charge is 2.52. The average Bonchev–Trinajstić information content (AvgIpc) is 2.80. The molecule has 2 aromatic carbocycles. The van der Waals surface area contributed by atoms with Gasteiger partial charge in [0.15, 0.2) is 12.2 Å². The standard InChI is InChI=1S/C25H27NO10/c1-13(27)32-12-20-22(33-14(2)28)21(23(34-15(3)29)25(36-20)35-16(4)30)26-24(31)19-10-9-17-7-5-6-8-18(17)11-19/h5-11,20-23,25H,12H2,1-4H3,(H,26,31). The Bertz CT molecular complexity index is 1160. The minimum Gasteiger partial charge on any atom is -0.463 e. The van der Waals surface area contributed by atoms with E-state index in [1.807, 2.05) is 24.3 Å².